The summed E-state index contributed by atoms with van der Waals surface area (Å²) in [5.41, 5.74) is 5.17. The maximum Gasteiger partial charge on any atom is 0.390 e. The smallest absolute Gasteiger partial charge is 0.390 e. The minimum atomic E-state index is -4.50. The summed E-state index contributed by atoms with van der Waals surface area (Å²) in [4.78, 5) is 11.0. The Morgan fingerprint density at radius 1 is 1.38 bits per heavy atom. The van der Waals surface area contributed by atoms with E-state index in [0.29, 0.717) is 0 Å². The number of halogens is 3. The molecule has 0 aromatic heterocycles. The van der Waals surface area contributed by atoms with Crippen LogP contribution in [0.2, 0.25) is 0 Å². The van der Waals surface area contributed by atoms with Crippen LogP contribution in [0.15, 0.2) is 23.1 Å². The Bertz CT molecular complexity index is 629. The number of hydrogen-bond acceptors (Lipinski definition) is 5. The molecule has 0 amide bonds. The van der Waals surface area contributed by atoms with Gasteiger partial charge < -0.3 is 10.5 Å². The Kier molecular flexibility index (Phi) is 5.18. The number of nitrogens with one attached hydrogen (secondary N) is 1. The summed E-state index contributed by atoms with van der Waals surface area (Å²) in [6, 6.07) is 3.38. The third-order valence-corrected chi connectivity index (χ3v) is 3.90. The Balaban J connectivity index is 3.07. The van der Waals surface area contributed by atoms with Gasteiger partial charge in [0.1, 0.15) is 0 Å². The van der Waals surface area contributed by atoms with Gasteiger partial charge in [0.25, 0.3) is 0 Å². The highest BCUT2D eigenvalue weighted by molar-refractivity contribution is 7.89. The minimum Gasteiger partial charge on any atom is -0.465 e. The van der Waals surface area contributed by atoms with E-state index in [0.717, 1.165) is 19.2 Å². The van der Waals surface area contributed by atoms with E-state index >= 15 is 0 Å². The van der Waals surface area contributed by atoms with Crippen molar-refractivity contribution >= 4 is 21.7 Å². The lowest BCUT2D eigenvalue weighted by Crippen LogP contribution is -2.29. The monoisotopic (exact) mass is 326 g/mol. The van der Waals surface area contributed by atoms with Crippen molar-refractivity contribution < 1.29 is 31.1 Å². The van der Waals surface area contributed by atoms with Gasteiger partial charge in [-0.3, -0.25) is 0 Å². The number of hydrogen-bond donors (Lipinski definition) is 2. The zero-order valence-electron chi connectivity index (χ0n) is 10.9. The van der Waals surface area contributed by atoms with Gasteiger partial charge in [-0.05, 0) is 18.2 Å². The van der Waals surface area contributed by atoms with E-state index in [2.05, 4.69) is 4.74 Å². The van der Waals surface area contributed by atoms with Crippen molar-refractivity contribution in [2.75, 3.05) is 19.4 Å². The minimum absolute atomic E-state index is 0.0406. The Labute approximate surface area is 119 Å². The van der Waals surface area contributed by atoms with E-state index in [1.807, 2.05) is 0 Å². The Morgan fingerprint density at radius 3 is 2.52 bits per heavy atom. The molecular formula is C11H13F3N2O4S. The van der Waals surface area contributed by atoms with Crippen molar-refractivity contribution in [3.05, 3.63) is 23.8 Å². The van der Waals surface area contributed by atoms with Crippen LogP contribution in [-0.2, 0) is 14.8 Å². The number of benzene rings is 1. The summed E-state index contributed by atoms with van der Waals surface area (Å²) >= 11 is 0. The molecule has 0 aliphatic rings. The summed E-state index contributed by atoms with van der Waals surface area (Å²) in [5, 5.41) is 0. The predicted molar refractivity (Wildman–Crippen MR) is 68.1 cm³/mol. The summed E-state index contributed by atoms with van der Waals surface area (Å²) in [5.74, 6) is -0.939. The van der Waals surface area contributed by atoms with Crippen molar-refractivity contribution in [3.8, 4) is 0 Å². The first-order valence-electron chi connectivity index (χ1n) is 5.61. The molecule has 1 aromatic carbocycles. The van der Waals surface area contributed by atoms with Gasteiger partial charge in [-0.2, -0.15) is 13.2 Å². The predicted octanol–water partition coefficient (Wildman–Crippen LogP) is 1.29. The fourth-order valence-electron chi connectivity index (χ4n) is 1.44. The molecule has 0 bridgehead atoms. The number of alkyl halides is 3. The normalized spacial score (nSPS) is 12.2. The first kappa shape index (κ1) is 17.2. The molecule has 0 atom stereocenters. The Morgan fingerprint density at radius 2 is 2.00 bits per heavy atom. The molecule has 0 radical (unpaired) electrons. The molecule has 1 rings (SSSR count). The summed E-state index contributed by atoms with van der Waals surface area (Å²) < 4.78 is 66.2. The van der Waals surface area contributed by atoms with Crippen LogP contribution >= 0.6 is 0 Å². The number of esters is 1. The lowest BCUT2D eigenvalue weighted by Gasteiger charge is -2.12. The molecule has 0 saturated heterocycles. The summed E-state index contributed by atoms with van der Waals surface area (Å²) in [6.07, 6.45) is -5.83. The van der Waals surface area contributed by atoms with E-state index in [1.165, 1.54) is 6.07 Å². The second kappa shape index (κ2) is 6.31. The number of carbonyl (C=O) groups excluding carboxylic acids is 1. The van der Waals surface area contributed by atoms with Crippen molar-refractivity contribution in [1.82, 2.24) is 4.72 Å². The lowest BCUT2D eigenvalue weighted by molar-refractivity contribution is -0.132. The molecule has 0 unspecified atom stereocenters. The zero-order chi connectivity index (χ0) is 16.3. The van der Waals surface area contributed by atoms with E-state index < -0.39 is 40.0 Å². The van der Waals surface area contributed by atoms with Gasteiger partial charge in [-0.15, -0.1) is 0 Å². The number of methoxy groups -OCH3 is 1. The van der Waals surface area contributed by atoms with E-state index in [9.17, 15) is 26.4 Å². The molecule has 10 heteroatoms. The molecule has 0 spiro atoms. The van der Waals surface area contributed by atoms with Gasteiger partial charge in [-0.1, -0.05) is 0 Å². The maximum atomic E-state index is 12.0. The molecule has 6 nitrogen and oxygen atoms in total. The highest BCUT2D eigenvalue weighted by atomic mass is 32.2. The third kappa shape index (κ3) is 4.90. The standard InChI is InChI=1S/C11H13F3N2O4S/c1-20-10(17)8-3-2-7(15)6-9(8)21(18,19)16-5-4-11(12,13)14/h2-3,6,16H,4-5,15H2,1H3. The Hall–Kier alpha value is -1.81. The topological polar surface area (TPSA) is 98.5 Å². The number of anilines is 1. The van der Waals surface area contributed by atoms with Gasteiger partial charge in [0.05, 0.1) is 24.0 Å². The molecule has 0 aliphatic carbocycles. The van der Waals surface area contributed by atoms with Gasteiger partial charge in [0.2, 0.25) is 10.0 Å². The van der Waals surface area contributed by atoms with Crippen molar-refractivity contribution in [3.63, 3.8) is 0 Å². The van der Waals surface area contributed by atoms with Crippen LogP contribution < -0.4 is 10.5 Å². The highest BCUT2D eigenvalue weighted by Gasteiger charge is 2.29. The van der Waals surface area contributed by atoms with Gasteiger partial charge in [-0.25, -0.2) is 17.9 Å². The summed E-state index contributed by atoms with van der Waals surface area (Å²) in [6.45, 7) is -0.846. The highest BCUT2D eigenvalue weighted by Crippen LogP contribution is 2.22. The second-order valence-electron chi connectivity index (χ2n) is 4.01. The van der Waals surface area contributed by atoms with E-state index in [4.69, 9.17) is 5.73 Å². The van der Waals surface area contributed by atoms with E-state index in [-0.39, 0.29) is 11.3 Å². The molecule has 0 heterocycles. The van der Waals surface area contributed by atoms with Crippen molar-refractivity contribution in [2.24, 2.45) is 0 Å². The van der Waals surface area contributed by atoms with Crippen LogP contribution in [0.1, 0.15) is 16.8 Å². The van der Waals surface area contributed by atoms with Gasteiger partial charge >= 0.3 is 12.1 Å². The first-order valence-corrected chi connectivity index (χ1v) is 7.09. The van der Waals surface area contributed by atoms with Crippen LogP contribution in [0, 0.1) is 0 Å². The molecule has 118 valence electrons. The molecule has 1 aromatic rings. The van der Waals surface area contributed by atoms with Gasteiger partial charge in [0, 0.05) is 12.2 Å². The lowest BCUT2D eigenvalue weighted by atomic mass is 10.2. The number of nitrogen functional groups attached to an aromatic ring is 1. The average molecular weight is 326 g/mol. The zero-order valence-corrected chi connectivity index (χ0v) is 11.7. The van der Waals surface area contributed by atoms with Crippen LogP contribution in [-0.4, -0.2) is 34.2 Å². The molecule has 21 heavy (non-hydrogen) atoms. The van der Waals surface area contributed by atoms with Crippen LogP contribution in [0.3, 0.4) is 0 Å². The number of nitrogens with two attached hydrogens (primary N) is 1. The molecule has 0 saturated carbocycles. The first-order chi connectivity index (χ1) is 9.57. The number of rotatable bonds is 5. The number of ether oxygens (including phenoxy) is 1. The van der Waals surface area contributed by atoms with Crippen molar-refractivity contribution in [2.45, 2.75) is 17.5 Å². The summed E-state index contributed by atoms with van der Waals surface area (Å²) in [7, 11) is -3.27. The fourth-order valence-corrected chi connectivity index (χ4v) is 2.70. The average Bonchev–Trinajstić information content (AvgIpc) is 2.36. The molecule has 0 aliphatic heterocycles. The molecule has 0 fully saturated rings. The molecule has 3 N–H and O–H groups in total. The van der Waals surface area contributed by atoms with Crippen LogP contribution in [0.25, 0.3) is 0 Å². The second-order valence-corrected chi connectivity index (χ2v) is 5.75. The van der Waals surface area contributed by atoms with E-state index in [1.54, 1.807) is 4.72 Å². The molecular weight excluding hydrogens is 313 g/mol. The SMILES string of the molecule is COC(=O)c1ccc(N)cc1S(=O)(=O)NCCC(F)(F)F. The maximum absolute atomic E-state index is 12.0. The van der Waals surface area contributed by atoms with Crippen LogP contribution in [0.5, 0.6) is 0 Å². The number of carbonyl (C=O) groups is 1. The third-order valence-electron chi connectivity index (χ3n) is 2.40. The largest absolute Gasteiger partial charge is 0.465 e. The van der Waals surface area contributed by atoms with Crippen molar-refractivity contribution in [1.29, 1.82) is 0 Å². The number of sulfonamides is 1. The fraction of sp³-hybridized carbons (Fsp3) is 0.364. The van der Waals surface area contributed by atoms with Gasteiger partial charge in [0.15, 0.2) is 0 Å². The van der Waals surface area contributed by atoms with Crippen LogP contribution in [0.4, 0.5) is 18.9 Å². The quantitative estimate of drug-likeness (QED) is 0.627.